The Hall–Kier alpha value is -2.20. The van der Waals surface area contributed by atoms with E-state index in [4.69, 9.17) is 5.26 Å². The second-order valence-corrected chi connectivity index (χ2v) is 5.60. The van der Waals surface area contributed by atoms with Crippen LogP contribution in [0, 0.1) is 24.1 Å². The molecule has 3 rings (SSSR count). The van der Waals surface area contributed by atoms with Gasteiger partial charge in [0.15, 0.2) is 0 Å². The summed E-state index contributed by atoms with van der Waals surface area (Å²) in [4.78, 5) is 15.1. The number of nitriles is 1. The molecule has 116 valence electrons. The number of carbonyl (C=O) groups is 1. The largest absolute Gasteiger partial charge is 0.391 e. The van der Waals surface area contributed by atoms with Crippen molar-refractivity contribution in [2.24, 2.45) is 0 Å². The minimum Gasteiger partial charge on any atom is -0.391 e. The molecule has 2 fully saturated rings. The van der Waals surface area contributed by atoms with E-state index in [0.717, 1.165) is 0 Å². The fourth-order valence-corrected chi connectivity index (χ4v) is 3.38. The van der Waals surface area contributed by atoms with Gasteiger partial charge in [-0.1, -0.05) is 0 Å². The molecule has 1 N–H and O–H groups in total. The predicted octanol–water partition coefficient (Wildman–Crippen LogP) is 1.72. The molecule has 0 spiro atoms. The number of rotatable bonds is 2. The van der Waals surface area contributed by atoms with E-state index in [2.05, 4.69) is 0 Å². The first kappa shape index (κ1) is 14.7. The third kappa shape index (κ3) is 1.87. The lowest BCUT2D eigenvalue weighted by Crippen LogP contribution is -2.43. The zero-order valence-corrected chi connectivity index (χ0v) is 12.0. The molecule has 1 aromatic rings. The molecule has 7 heteroatoms. The Bertz CT molecular complexity index is 673. The maximum Gasteiger partial charge on any atom is 0.325 e. The maximum absolute atomic E-state index is 14.1. The summed E-state index contributed by atoms with van der Waals surface area (Å²) in [6, 6.07) is 2.56. The van der Waals surface area contributed by atoms with Crippen molar-refractivity contribution < 1.29 is 18.7 Å². The number of hydrogen-bond acceptors (Lipinski definition) is 3. The average Bonchev–Trinajstić information content (AvgIpc) is 3.01. The van der Waals surface area contributed by atoms with Gasteiger partial charge in [-0.3, -0.25) is 4.90 Å². The molecular weight excluding hydrogens is 292 g/mol. The standard InChI is InChI=1S/C15H15F2N3O2/c1-8-10(3-2-9(7-18)13(8)17)20-11(6-16)14-12(21)4-5-19(14)15(20)22/h2-3,11-12,14,21H,4-6H2,1H3/t11?,12?,14-/m1/s1. The summed E-state index contributed by atoms with van der Waals surface area (Å²) in [5, 5.41) is 18.8. The third-order valence-corrected chi connectivity index (χ3v) is 4.49. The number of benzene rings is 1. The van der Waals surface area contributed by atoms with Crippen LogP contribution >= 0.6 is 0 Å². The van der Waals surface area contributed by atoms with Gasteiger partial charge in [-0.05, 0) is 25.5 Å². The number of urea groups is 1. The number of hydrogen-bond donors (Lipinski definition) is 1. The number of anilines is 1. The molecule has 0 saturated carbocycles. The van der Waals surface area contributed by atoms with Crippen LogP contribution in [-0.4, -0.2) is 47.4 Å². The van der Waals surface area contributed by atoms with Gasteiger partial charge in [0.05, 0.1) is 29.4 Å². The second-order valence-electron chi connectivity index (χ2n) is 5.60. The lowest BCUT2D eigenvalue weighted by Gasteiger charge is -2.26. The van der Waals surface area contributed by atoms with Crippen LogP contribution in [0.1, 0.15) is 17.5 Å². The highest BCUT2D eigenvalue weighted by atomic mass is 19.1. The third-order valence-electron chi connectivity index (χ3n) is 4.49. The molecule has 0 radical (unpaired) electrons. The Morgan fingerprint density at radius 3 is 2.86 bits per heavy atom. The number of alkyl halides is 1. The first-order valence-electron chi connectivity index (χ1n) is 7.04. The van der Waals surface area contributed by atoms with E-state index < -0.39 is 36.7 Å². The number of nitrogens with zero attached hydrogens (tertiary/aromatic N) is 3. The number of amides is 2. The van der Waals surface area contributed by atoms with Gasteiger partial charge < -0.3 is 10.0 Å². The summed E-state index contributed by atoms with van der Waals surface area (Å²) >= 11 is 0. The van der Waals surface area contributed by atoms with Crippen molar-refractivity contribution in [1.29, 1.82) is 5.26 Å². The maximum atomic E-state index is 14.1. The van der Waals surface area contributed by atoms with Crippen molar-refractivity contribution in [2.45, 2.75) is 31.5 Å². The fourth-order valence-electron chi connectivity index (χ4n) is 3.38. The van der Waals surface area contributed by atoms with Gasteiger partial charge in [-0.15, -0.1) is 0 Å². The van der Waals surface area contributed by atoms with E-state index >= 15 is 0 Å². The Morgan fingerprint density at radius 1 is 1.50 bits per heavy atom. The van der Waals surface area contributed by atoms with Gasteiger partial charge >= 0.3 is 6.03 Å². The van der Waals surface area contributed by atoms with Crippen molar-refractivity contribution in [1.82, 2.24) is 4.90 Å². The molecule has 2 amide bonds. The monoisotopic (exact) mass is 307 g/mol. The van der Waals surface area contributed by atoms with Crippen LogP contribution < -0.4 is 4.90 Å². The molecule has 2 unspecified atom stereocenters. The lowest BCUT2D eigenvalue weighted by molar-refractivity contribution is 0.125. The number of aliphatic hydroxyl groups excluding tert-OH is 1. The highest BCUT2D eigenvalue weighted by molar-refractivity contribution is 5.97. The SMILES string of the molecule is Cc1c(N2C(=O)N3CCC(O)[C@H]3C2CF)ccc(C#N)c1F. The summed E-state index contributed by atoms with van der Waals surface area (Å²) < 4.78 is 27.6. The molecule has 1 aromatic carbocycles. The highest BCUT2D eigenvalue weighted by Crippen LogP contribution is 2.37. The summed E-state index contributed by atoms with van der Waals surface area (Å²) in [5.41, 5.74) is 0.248. The Kier molecular flexibility index (Phi) is 3.49. The van der Waals surface area contributed by atoms with E-state index in [1.54, 1.807) is 6.07 Å². The molecule has 2 aliphatic heterocycles. The van der Waals surface area contributed by atoms with Gasteiger partial charge in [-0.25, -0.2) is 13.6 Å². The van der Waals surface area contributed by atoms with Crippen molar-refractivity contribution >= 4 is 11.7 Å². The van der Waals surface area contributed by atoms with Crippen LogP contribution in [0.2, 0.25) is 0 Å². The molecule has 2 aliphatic rings. The summed E-state index contributed by atoms with van der Waals surface area (Å²) in [6.45, 7) is 0.981. The first-order valence-corrected chi connectivity index (χ1v) is 7.04. The second kappa shape index (κ2) is 5.21. The van der Waals surface area contributed by atoms with Crippen LogP contribution in [0.3, 0.4) is 0 Å². The van der Waals surface area contributed by atoms with Gasteiger partial charge in [0.2, 0.25) is 0 Å². The summed E-state index contributed by atoms with van der Waals surface area (Å²) in [7, 11) is 0. The average molecular weight is 307 g/mol. The zero-order valence-electron chi connectivity index (χ0n) is 12.0. The van der Waals surface area contributed by atoms with Crippen molar-refractivity contribution in [2.75, 3.05) is 18.1 Å². The first-order chi connectivity index (χ1) is 10.5. The topological polar surface area (TPSA) is 67.6 Å². The van der Waals surface area contributed by atoms with Gasteiger partial charge in [0.25, 0.3) is 0 Å². The van der Waals surface area contributed by atoms with Crippen LogP contribution in [-0.2, 0) is 0 Å². The molecule has 5 nitrogen and oxygen atoms in total. The van der Waals surface area contributed by atoms with Gasteiger partial charge in [-0.2, -0.15) is 5.26 Å². The van der Waals surface area contributed by atoms with Crippen molar-refractivity contribution in [3.05, 3.63) is 29.1 Å². The molecule has 2 heterocycles. The van der Waals surface area contributed by atoms with E-state index in [9.17, 15) is 18.7 Å². The molecule has 0 bridgehead atoms. The smallest absolute Gasteiger partial charge is 0.325 e. The summed E-state index contributed by atoms with van der Waals surface area (Å²) in [6.07, 6.45) is -0.361. The predicted molar refractivity (Wildman–Crippen MR) is 74.6 cm³/mol. The Labute approximate surface area is 126 Å². The van der Waals surface area contributed by atoms with E-state index in [1.165, 1.54) is 28.9 Å². The number of fused-ring (bicyclic) bond motifs is 1. The van der Waals surface area contributed by atoms with Crippen LogP contribution in [0.15, 0.2) is 12.1 Å². The Morgan fingerprint density at radius 2 is 2.23 bits per heavy atom. The minimum atomic E-state index is -0.851. The summed E-state index contributed by atoms with van der Waals surface area (Å²) in [5.74, 6) is -0.710. The zero-order chi connectivity index (χ0) is 16.0. The van der Waals surface area contributed by atoms with Crippen molar-refractivity contribution in [3.63, 3.8) is 0 Å². The quantitative estimate of drug-likeness (QED) is 0.904. The van der Waals surface area contributed by atoms with Crippen LogP contribution in [0.5, 0.6) is 0 Å². The van der Waals surface area contributed by atoms with Crippen LogP contribution in [0.4, 0.5) is 19.3 Å². The normalized spacial score (nSPS) is 27.2. The highest BCUT2D eigenvalue weighted by Gasteiger charge is 2.53. The Balaban J connectivity index is 2.07. The fraction of sp³-hybridized carbons (Fsp3) is 0.467. The molecule has 2 saturated heterocycles. The number of aliphatic hydroxyl groups is 1. The number of halogens is 2. The molecule has 3 atom stereocenters. The van der Waals surface area contributed by atoms with Crippen molar-refractivity contribution in [3.8, 4) is 6.07 Å². The van der Waals surface area contributed by atoms with Crippen LogP contribution in [0.25, 0.3) is 0 Å². The molecule has 0 aromatic heterocycles. The molecule has 22 heavy (non-hydrogen) atoms. The van der Waals surface area contributed by atoms with E-state index in [-0.39, 0.29) is 16.8 Å². The van der Waals surface area contributed by atoms with Gasteiger partial charge in [0.1, 0.15) is 18.6 Å². The molecular formula is C15H15F2N3O2. The lowest BCUT2D eigenvalue weighted by atomic mass is 10.0. The van der Waals surface area contributed by atoms with E-state index in [1.807, 2.05) is 0 Å². The molecule has 0 aliphatic carbocycles. The van der Waals surface area contributed by atoms with Gasteiger partial charge in [0, 0.05) is 12.1 Å². The number of carbonyl (C=O) groups excluding carboxylic acids is 1. The van der Waals surface area contributed by atoms with E-state index in [0.29, 0.717) is 13.0 Å². The minimum absolute atomic E-state index is 0.120.